The second kappa shape index (κ2) is 5.74. The first-order chi connectivity index (χ1) is 9.58. The third-order valence-electron chi connectivity index (χ3n) is 3.33. The summed E-state index contributed by atoms with van der Waals surface area (Å²) in [7, 11) is 0. The fraction of sp³-hybridized carbons (Fsp3) is 0.250. The van der Waals surface area contributed by atoms with Gasteiger partial charge in [-0.3, -0.25) is 9.59 Å². The van der Waals surface area contributed by atoms with Crippen molar-refractivity contribution in [2.75, 3.05) is 5.32 Å². The number of carbonyl (C=O) groups excluding carboxylic acids is 2. The fourth-order valence-electron chi connectivity index (χ4n) is 1.97. The van der Waals surface area contributed by atoms with Crippen molar-refractivity contribution in [1.29, 1.82) is 0 Å². The second-order valence-corrected chi connectivity index (χ2v) is 4.94. The average molecular weight is 270 g/mol. The number of hydrogen-bond donors (Lipinski definition) is 2. The van der Waals surface area contributed by atoms with E-state index in [1.807, 2.05) is 18.2 Å². The third kappa shape index (κ3) is 2.96. The Balaban J connectivity index is 2.03. The maximum atomic E-state index is 12.3. The summed E-state index contributed by atoms with van der Waals surface area (Å²) in [4.78, 5) is 24.5. The molecule has 4 heteroatoms. The highest BCUT2D eigenvalue weighted by Crippen LogP contribution is 2.47. The lowest BCUT2D eigenvalue weighted by Crippen LogP contribution is -2.39. The molecule has 0 saturated heterocycles. The molecule has 20 heavy (non-hydrogen) atoms. The van der Waals surface area contributed by atoms with Gasteiger partial charge >= 0.3 is 0 Å². The molecule has 104 valence electrons. The van der Waals surface area contributed by atoms with Gasteiger partial charge in [-0.15, -0.1) is 0 Å². The predicted octanol–water partition coefficient (Wildman–Crippen LogP) is 2.61. The molecule has 2 N–H and O–H groups in total. The Bertz CT molecular complexity index is 557. The molecular formula is C16H18N2O2. The third-order valence-corrected chi connectivity index (χ3v) is 3.33. The van der Waals surface area contributed by atoms with Gasteiger partial charge in [-0.05, 0) is 38.0 Å². The summed E-state index contributed by atoms with van der Waals surface area (Å²) in [6.45, 7) is 5.34. The number of amides is 2. The minimum atomic E-state index is -0.924. The highest BCUT2D eigenvalue weighted by Gasteiger charge is 2.56. The van der Waals surface area contributed by atoms with E-state index in [-0.39, 0.29) is 11.8 Å². The molecule has 0 atom stereocenters. The molecule has 4 nitrogen and oxygen atoms in total. The maximum Gasteiger partial charge on any atom is 0.240 e. The van der Waals surface area contributed by atoms with Crippen molar-refractivity contribution >= 4 is 17.5 Å². The molecule has 1 aliphatic rings. The van der Waals surface area contributed by atoms with Gasteiger partial charge < -0.3 is 10.6 Å². The number of allylic oxidation sites excluding steroid dienone is 3. The molecule has 0 bridgehead atoms. The van der Waals surface area contributed by atoms with E-state index < -0.39 is 5.41 Å². The quantitative estimate of drug-likeness (QED) is 0.638. The highest BCUT2D eigenvalue weighted by molar-refractivity contribution is 6.13. The first-order valence-electron chi connectivity index (χ1n) is 6.56. The van der Waals surface area contributed by atoms with E-state index >= 15 is 0 Å². The molecular weight excluding hydrogens is 252 g/mol. The van der Waals surface area contributed by atoms with Crippen LogP contribution in [0.1, 0.15) is 19.8 Å². The Morgan fingerprint density at radius 1 is 1.20 bits per heavy atom. The van der Waals surface area contributed by atoms with Crippen LogP contribution in [0.5, 0.6) is 0 Å². The van der Waals surface area contributed by atoms with E-state index in [2.05, 4.69) is 17.2 Å². The molecule has 2 rings (SSSR count). The maximum absolute atomic E-state index is 12.3. The van der Waals surface area contributed by atoms with Crippen LogP contribution in [0.2, 0.25) is 0 Å². The van der Waals surface area contributed by atoms with Gasteiger partial charge in [0.15, 0.2) is 0 Å². The standard InChI is InChI=1S/C16H18N2O2/c1-3-7-12(2)17-14(19)16(10-11-16)15(20)18-13-8-5-4-6-9-13/h3-9H,1,10-11H2,2H3,(H,17,19)(H,18,20)/b12-7+. The van der Waals surface area contributed by atoms with Crippen LogP contribution < -0.4 is 10.6 Å². The van der Waals surface area contributed by atoms with E-state index in [4.69, 9.17) is 0 Å². The molecule has 1 aromatic rings. The number of hydrogen-bond acceptors (Lipinski definition) is 2. The minimum absolute atomic E-state index is 0.243. The first kappa shape index (κ1) is 14.1. The van der Waals surface area contributed by atoms with Crippen LogP contribution in [-0.2, 0) is 9.59 Å². The van der Waals surface area contributed by atoms with Gasteiger partial charge in [0.1, 0.15) is 5.41 Å². The number of para-hydroxylation sites is 1. The van der Waals surface area contributed by atoms with Gasteiger partial charge in [0, 0.05) is 11.4 Å². The van der Waals surface area contributed by atoms with Gasteiger partial charge in [-0.1, -0.05) is 30.9 Å². The molecule has 0 radical (unpaired) electrons. The molecule has 0 unspecified atom stereocenters. The average Bonchev–Trinajstić information content (AvgIpc) is 3.21. The summed E-state index contributed by atoms with van der Waals surface area (Å²) < 4.78 is 0. The lowest BCUT2D eigenvalue weighted by molar-refractivity contribution is -0.133. The van der Waals surface area contributed by atoms with Crippen LogP contribution in [0.25, 0.3) is 0 Å². The zero-order valence-electron chi connectivity index (χ0n) is 11.5. The molecule has 1 saturated carbocycles. The molecule has 0 aromatic heterocycles. The molecule has 0 aliphatic heterocycles. The van der Waals surface area contributed by atoms with Gasteiger partial charge in [0.2, 0.25) is 11.8 Å². The van der Waals surface area contributed by atoms with Crippen molar-refractivity contribution in [3.8, 4) is 0 Å². The lowest BCUT2D eigenvalue weighted by atomic mass is 10.0. The zero-order chi connectivity index (χ0) is 14.6. The molecule has 1 aliphatic carbocycles. The number of nitrogens with one attached hydrogen (secondary N) is 2. The smallest absolute Gasteiger partial charge is 0.240 e. The topological polar surface area (TPSA) is 58.2 Å². The van der Waals surface area contributed by atoms with E-state index in [0.29, 0.717) is 24.2 Å². The van der Waals surface area contributed by atoms with Gasteiger partial charge in [-0.25, -0.2) is 0 Å². The van der Waals surface area contributed by atoms with E-state index in [9.17, 15) is 9.59 Å². The number of anilines is 1. The second-order valence-electron chi connectivity index (χ2n) is 4.94. The predicted molar refractivity (Wildman–Crippen MR) is 78.8 cm³/mol. The summed E-state index contributed by atoms with van der Waals surface area (Å²) in [5, 5.41) is 5.53. The van der Waals surface area contributed by atoms with Crippen molar-refractivity contribution in [3.05, 3.63) is 54.8 Å². The SMILES string of the molecule is C=C/C=C(\C)NC(=O)C1(C(=O)Nc2ccccc2)CC1. The Labute approximate surface area is 118 Å². The number of benzene rings is 1. The van der Waals surface area contributed by atoms with Crippen LogP contribution in [0, 0.1) is 5.41 Å². The lowest BCUT2D eigenvalue weighted by Gasteiger charge is -2.15. The van der Waals surface area contributed by atoms with E-state index in [0.717, 1.165) is 0 Å². The largest absolute Gasteiger partial charge is 0.329 e. The van der Waals surface area contributed by atoms with Crippen LogP contribution in [0.3, 0.4) is 0 Å². The molecule has 1 fully saturated rings. The van der Waals surface area contributed by atoms with Gasteiger partial charge in [0.05, 0.1) is 0 Å². The van der Waals surface area contributed by atoms with Crippen molar-refractivity contribution < 1.29 is 9.59 Å². The summed E-state index contributed by atoms with van der Waals surface area (Å²) in [5.41, 5.74) is 0.463. The Hall–Kier alpha value is -2.36. The van der Waals surface area contributed by atoms with Gasteiger partial charge in [-0.2, -0.15) is 0 Å². The normalized spacial score (nSPS) is 16.1. The molecule has 1 aromatic carbocycles. The van der Waals surface area contributed by atoms with Crippen molar-refractivity contribution in [2.45, 2.75) is 19.8 Å². The Kier molecular flexibility index (Phi) is 4.03. The van der Waals surface area contributed by atoms with Crippen LogP contribution in [0.15, 0.2) is 54.8 Å². The molecule has 0 heterocycles. The van der Waals surface area contributed by atoms with E-state index in [1.54, 1.807) is 31.2 Å². The van der Waals surface area contributed by atoms with E-state index in [1.165, 1.54) is 0 Å². The molecule has 0 spiro atoms. The van der Waals surface area contributed by atoms with Crippen LogP contribution in [-0.4, -0.2) is 11.8 Å². The van der Waals surface area contributed by atoms with Crippen molar-refractivity contribution in [2.24, 2.45) is 5.41 Å². The number of rotatable bonds is 5. The first-order valence-corrected chi connectivity index (χ1v) is 6.56. The Morgan fingerprint density at radius 3 is 2.40 bits per heavy atom. The summed E-state index contributed by atoms with van der Waals surface area (Å²) in [6.07, 6.45) is 4.46. The van der Waals surface area contributed by atoms with Crippen molar-refractivity contribution in [3.63, 3.8) is 0 Å². The summed E-state index contributed by atoms with van der Waals surface area (Å²) >= 11 is 0. The Morgan fingerprint density at radius 2 is 1.85 bits per heavy atom. The molecule has 2 amide bonds. The highest BCUT2D eigenvalue weighted by atomic mass is 16.2. The minimum Gasteiger partial charge on any atom is -0.329 e. The summed E-state index contributed by atoms with van der Waals surface area (Å²) in [6, 6.07) is 9.15. The number of carbonyl (C=O) groups is 2. The zero-order valence-corrected chi connectivity index (χ0v) is 11.5. The van der Waals surface area contributed by atoms with Crippen LogP contribution in [0.4, 0.5) is 5.69 Å². The van der Waals surface area contributed by atoms with Gasteiger partial charge in [0.25, 0.3) is 0 Å². The monoisotopic (exact) mass is 270 g/mol. The fourth-order valence-corrected chi connectivity index (χ4v) is 1.97. The van der Waals surface area contributed by atoms with Crippen LogP contribution >= 0.6 is 0 Å². The summed E-state index contributed by atoms with van der Waals surface area (Å²) in [5.74, 6) is -0.492. The van der Waals surface area contributed by atoms with Crippen molar-refractivity contribution in [1.82, 2.24) is 5.32 Å².